The quantitative estimate of drug-likeness (QED) is 0.356. The summed E-state index contributed by atoms with van der Waals surface area (Å²) in [5.74, 6) is 4.73. The van der Waals surface area contributed by atoms with Crippen molar-refractivity contribution >= 4 is 23.5 Å². The van der Waals surface area contributed by atoms with E-state index >= 15 is 0 Å². The first-order chi connectivity index (χ1) is 16.6. The Morgan fingerprint density at radius 2 is 1.94 bits per heavy atom. The van der Waals surface area contributed by atoms with E-state index in [4.69, 9.17) is 17.5 Å². The van der Waals surface area contributed by atoms with Crippen LogP contribution in [0.2, 0.25) is 5.02 Å². The summed E-state index contributed by atoms with van der Waals surface area (Å²) in [6.07, 6.45) is -4.19. The predicted molar refractivity (Wildman–Crippen MR) is 119 cm³/mol. The molecule has 0 saturated carbocycles. The van der Waals surface area contributed by atoms with Gasteiger partial charge in [0.05, 0.1) is 28.4 Å². The molecule has 1 aromatic heterocycles. The number of fused-ring (bicyclic) bond motifs is 1. The van der Waals surface area contributed by atoms with Crippen LogP contribution < -0.4 is 21.6 Å². The average Bonchev–Trinajstić information content (AvgIpc) is 2.84. The molecule has 1 aliphatic heterocycles. The second-order valence-electron chi connectivity index (χ2n) is 7.77. The summed E-state index contributed by atoms with van der Waals surface area (Å²) in [5.41, 5.74) is -0.241. The van der Waals surface area contributed by atoms with E-state index in [-0.39, 0.29) is 59.8 Å². The topological polar surface area (TPSA) is 123 Å². The minimum absolute atomic E-state index is 0.0245. The highest BCUT2D eigenvalue weighted by atomic mass is 35.5. The van der Waals surface area contributed by atoms with Gasteiger partial charge in [-0.2, -0.15) is 19.1 Å². The number of rotatable bonds is 5. The van der Waals surface area contributed by atoms with E-state index in [9.17, 15) is 28.0 Å². The first kappa shape index (κ1) is 24.4. The maximum Gasteiger partial charge on any atom is 0.416 e. The number of nitrogens with one attached hydrogen (secondary N) is 1. The maximum atomic E-state index is 12.9. The number of nitrogens with zero attached hydrogens (tertiary/aromatic N) is 3. The van der Waals surface area contributed by atoms with Crippen LogP contribution in [0.3, 0.4) is 0 Å². The van der Waals surface area contributed by atoms with Gasteiger partial charge in [-0.15, -0.1) is 4.73 Å². The minimum atomic E-state index is -4.44. The monoisotopic (exact) mass is 509 g/mol. The molecule has 35 heavy (non-hydrogen) atoms. The van der Waals surface area contributed by atoms with Crippen molar-refractivity contribution in [1.29, 1.82) is 0 Å². The Labute approximate surface area is 201 Å². The number of benzene rings is 2. The van der Waals surface area contributed by atoms with Gasteiger partial charge in [-0.1, -0.05) is 23.7 Å². The van der Waals surface area contributed by atoms with Gasteiger partial charge in [0.25, 0.3) is 11.5 Å². The summed E-state index contributed by atoms with van der Waals surface area (Å²) in [6, 6.07) is 8.81. The molecule has 2 aromatic carbocycles. The van der Waals surface area contributed by atoms with E-state index in [1.165, 1.54) is 35.2 Å². The third-order valence-corrected chi connectivity index (χ3v) is 5.84. The molecule has 4 N–H and O–H groups in total. The van der Waals surface area contributed by atoms with Gasteiger partial charge in [0, 0.05) is 25.1 Å². The number of hydrogen-bond acceptors (Lipinski definition) is 7. The molecule has 0 bridgehead atoms. The summed E-state index contributed by atoms with van der Waals surface area (Å²) in [6.45, 7) is 0.200. The molecule has 0 atom stereocenters. The van der Waals surface area contributed by atoms with Gasteiger partial charge in [0.1, 0.15) is 0 Å². The lowest BCUT2D eigenvalue weighted by Crippen LogP contribution is -2.41. The van der Waals surface area contributed by atoms with Crippen molar-refractivity contribution in [2.45, 2.75) is 25.7 Å². The Balaban J connectivity index is 1.50. The summed E-state index contributed by atoms with van der Waals surface area (Å²) >= 11 is 5.94. The highest BCUT2D eigenvalue weighted by Crippen LogP contribution is 2.29. The maximum absolute atomic E-state index is 12.9. The first-order valence-electron chi connectivity index (χ1n) is 10.3. The van der Waals surface area contributed by atoms with E-state index in [1.54, 1.807) is 0 Å². The van der Waals surface area contributed by atoms with Gasteiger partial charge in [0.15, 0.2) is 5.75 Å². The molecular weight excluding hydrogens is 491 g/mol. The Morgan fingerprint density at radius 3 is 2.60 bits per heavy atom. The molecule has 0 unspecified atom stereocenters. The van der Waals surface area contributed by atoms with Crippen LogP contribution in [0.4, 0.5) is 19.1 Å². The SMILES string of the molecule is NOc1cc(C(=O)N2CCc3nc(NCc4ccc(C(F)(F)F)cc4)n(O)c(=O)c3C2)ccc1Cl. The zero-order chi connectivity index (χ0) is 25.3. The number of carbonyl (C=O) groups excluding carboxylic acids is 1. The normalized spacial score (nSPS) is 13.3. The molecule has 0 aliphatic carbocycles. The lowest BCUT2D eigenvalue weighted by molar-refractivity contribution is -0.137. The van der Waals surface area contributed by atoms with E-state index in [0.29, 0.717) is 16.0 Å². The van der Waals surface area contributed by atoms with Crippen LogP contribution in [0.5, 0.6) is 5.75 Å². The van der Waals surface area contributed by atoms with E-state index in [2.05, 4.69) is 15.1 Å². The zero-order valence-electron chi connectivity index (χ0n) is 18.0. The van der Waals surface area contributed by atoms with Crippen LogP contribution in [-0.2, 0) is 25.7 Å². The van der Waals surface area contributed by atoms with Gasteiger partial charge in [-0.25, -0.2) is 4.98 Å². The molecule has 0 spiro atoms. The van der Waals surface area contributed by atoms with Crippen LogP contribution in [0.25, 0.3) is 0 Å². The fourth-order valence-electron chi connectivity index (χ4n) is 3.66. The van der Waals surface area contributed by atoms with Gasteiger partial charge >= 0.3 is 6.18 Å². The molecule has 9 nitrogen and oxygen atoms in total. The van der Waals surface area contributed by atoms with Crippen LogP contribution in [0.1, 0.15) is 32.7 Å². The average molecular weight is 510 g/mol. The van der Waals surface area contributed by atoms with Crippen molar-refractivity contribution in [3.63, 3.8) is 0 Å². The number of halogens is 4. The number of amides is 1. The second kappa shape index (κ2) is 9.47. The number of nitrogens with two attached hydrogens (primary N) is 1. The van der Waals surface area contributed by atoms with Crippen LogP contribution in [0, 0.1) is 0 Å². The third kappa shape index (κ3) is 5.03. The van der Waals surface area contributed by atoms with Crippen molar-refractivity contribution in [3.8, 4) is 5.75 Å². The van der Waals surface area contributed by atoms with E-state index < -0.39 is 17.3 Å². The molecular formula is C22H19ClF3N5O4. The van der Waals surface area contributed by atoms with E-state index in [1.807, 2.05) is 0 Å². The summed E-state index contributed by atoms with van der Waals surface area (Å²) < 4.78 is 38.5. The van der Waals surface area contributed by atoms with E-state index in [0.717, 1.165) is 12.1 Å². The number of alkyl halides is 3. The molecule has 3 aromatic rings. The first-order valence-corrected chi connectivity index (χ1v) is 10.7. The molecule has 184 valence electrons. The molecule has 13 heteroatoms. The highest BCUT2D eigenvalue weighted by Gasteiger charge is 2.30. The van der Waals surface area contributed by atoms with Crippen molar-refractivity contribution in [2.75, 3.05) is 11.9 Å². The van der Waals surface area contributed by atoms with Gasteiger partial charge in [-0.05, 0) is 35.9 Å². The Bertz CT molecular complexity index is 1330. The van der Waals surface area contributed by atoms with Crippen molar-refractivity contribution in [3.05, 3.63) is 85.8 Å². The van der Waals surface area contributed by atoms with Crippen molar-refractivity contribution < 1.29 is 28.0 Å². The second-order valence-corrected chi connectivity index (χ2v) is 8.17. The Kier molecular flexibility index (Phi) is 6.59. The number of hydrogen-bond donors (Lipinski definition) is 3. The Morgan fingerprint density at radius 1 is 1.23 bits per heavy atom. The number of aromatic nitrogens is 2. The van der Waals surface area contributed by atoms with Crippen LogP contribution in [-0.4, -0.2) is 32.3 Å². The van der Waals surface area contributed by atoms with Gasteiger partial charge in [0.2, 0.25) is 5.95 Å². The highest BCUT2D eigenvalue weighted by molar-refractivity contribution is 6.32. The molecule has 0 radical (unpaired) electrons. The molecule has 1 amide bonds. The van der Waals surface area contributed by atoms with Crippen molar-refractivity contribution in [1.82, 2.24) is 14.6 Å². The molecule has 1 aliphatic rings. The minimum Gasteiger partial charge on any atom is -0.422 e. The number of carbonyl (C=O) groups is 1. The number of anilines is 1. The lowest BCUT2D eigenvalue weighted by atomic mass is 10.1. The summed E-state index contributed by atoms with van der Waals surface area (Å²) in [7, 11) is 0. The summed E-state index contributed by atoms with van der Waals surface area (Å²) in [5, 5.41) is 13.3. The third-order valence-electron chi connectivity index (χ3n) is 5.53. The van der Waals surface area contributed by atoms with Gasteiger partial charge in [-0.3, -0.25) is 9.59 Å². The molecule has 2 heterocycles. The van der Waals surface area contributed by atoms with Gasteiger partial charge < -0.3 is 20.3 Å². The summed E-state index contributed by atoms with van der Waals surface area (Å²) in [4.78, 5) is 36.0. The largest absolute Gasteiger partial charge is 0.422 e. The smallest absolute Gasteiger partial charge is 0.416 e. The molecule has 0 fully saturated rings. The fourth-order valence-corrected chi connectivity index (χ4v) is 3.82. The van der Waals surface area contributed by atoms with Crippen LogP contribution in [0.15, 0.2) is 47.3 Å². The zero-order valence-corrected chi connectivity index (χ0v) is 18.7. The fraction of sp³-hybridized carbons (Fsp3) is 0.227. The predicted octanol–water partition coefficient (Wildman–Crippen LogP) is 3.22. The standard InChI is InChI=1S/C22H19ClF3N5O4/c23-16-6-3-13(9-18(16)35-27)19(32)30-8-7-17-15(11-30)20(33)31(34)21(29-17)28-10-12-1-4-14(5-2-12)22(24,25)26/h1-6,9,34H,7-8,10-11,27H2,(H,28,29). The molecule has 0 saturated heterocycles. The van der Waals surface area contributed by atoms with Crippen LogP contribution >= 0.6 is 11.6 Å². The lowest BCUT2D eigenvalue weighted by Gasteiger charge is -2.28. The Hall–Kier alpha value is -3.77. The molecule has 4 rings (SSSR count). The van der Waals surface area contributed by atoms with Crippen molar-refractivity contribution in [2.24, 2.45) is 5.90 Å².